The Balaban J connectivity index is 1.55. The van der Waals surface area contributed by atoms with Crippen molar-refractivity contribution >= 4 is 23.2 Å². The molecule has 2 aliphatic rings. The number of nitrogens with one attached hydrogen (secondary N) is 1. The summed E-state index contributed by atoms with van der Waals surface area (Å²) in [4.78, 5) is 26.3. The van der Waals surface area contributed by atoms with E-state index in [9.17, 15) is 14.0 Å². The number of rotatable bonds is 6. The van der Waals surface area contributed by atoms with Gasteiger partial charge in [0, 0.05) is 19.0 Å². The van der Waals surface area contributed by atoms with Crippen molar-refractivity contribution in [2.24, 2.45) is 5.92 Å². The van der Waals surface area contributed by atoms with E-state index in [-0.39, 0.29) is 39.7 Å². The zero-order valence-electron chi connectivity index (χ0n) is 20.6. The number of hydrogen-bond acceptors (Lipinski definition) is 4. The van der Waals surface area contributed by atoms with Gasteiger partial charge in [0.2, 0.25) is 0 Å². The Hall–Kier alpha value is -3.20. The third-order valence-corrected chi connectivity index (χ3v) is 7.64. The van der Waals surface area contributed by atoms with Crippen LogP contribution in [0.15, 0.2) is 35.1 Å². The predicted molar refractivity (Wildman–Crippen MR) is 137 cm³/mol. The number of fused-ring (bicyclic) bond motifs is 1. The average Bonchev–Trinajstić information content (AvgIpc) is 3.23. The molecule has 37 heavy (non-hydrogen) atoms. The van der Waals surface area contributed by atoms with Crippen molar-refractivity contribution < 1.29 is 18.3 Å². The minimum Gasteiger partial charge on any atom is -0.490 e. The number of amides is 1. The second kappa shape index (κ2) is 10.7. The molecule has 5 rings (SSSR count). The first-order valence-corrected chi connectivity index (χ1v) is 13.2. The monoisotopic (exact) mass is 530 g/mol. The van der Waals surface area contributed by atoms with Gasteiger partial charge >= 0.3 is 5.69 Å². The van der Waals surface area contributed by atoms with Crippen molar-refractivity contribution in [2.45, 2.75) is 70.9 Å². The van der Waals surface area contributed by atoms with Gasteiger partial charge in [-0.25, -0.2) is 13.6 Å². The normalized spacial score (nSPS) is 16.8. The Kier molecular flexibility index (Phi) is 7.33. The lowest BCUT2D eigenvalue weighted by atomic mass is 9.86. The standard InChI is InChI=1S/C27H29ClF2N4O3/c1-16(17-8-3-2-4-9-17)37-23-15-22(34-27(36)33-13-6-5-12-24(33)32-34)21(30)14-18(23)26(35)31-25-19(28)10-7-11-20(25)29/h7,10-11,14-17H,2-6,8-9,12-13H2,1H3,(H,31,35)/t16-/m0/s1. The summed E-state index contributed by atoms with van der Waals surface area (Å²) in [5.74, 6) is -1.34. The van der Waals surface area contributed by atoms with Crippen LogP contribution in [-0.4, -0.2) is 26.4 Å². The van der Waals surface area contributed by atoms with E-state index in [0.29, 0.717) is 18.8 Å². The smallest absolute Gasteiger partial charge is 0.350 e. The summed E-state index contributed by atoms with van der Waals surface area (Å²) in [6, 6.07) is 6.38. The molecule has 0 unspecified atom stereocenters. The Bertz CT molecular complexity index is 1360. The SMILES string of the molecule is C[C@H](Oc1cc(-n2nc3n(c2=O)CCCC3)c(F)cc1C(=O)Nc1c(F)cccc1Cl)C1CCCCC1. The molecular weight excluding hydrogens is 502 g/mol. The third-order valence-electron chi connectivity index (χ3n) is 7.32. The number of nitrogens with zero attached hydrogens (tertiary/aromatic N) is 3. The summed E-state index contributed by atoms with van der Waals surface area (Å²) in [6.07, 6.45) is 7.50. The fourth-order valence-electron chi connectivity index (χ4n) is 5.23. The van der Waals surface area contributed by atoms with Crippen LogP contribution in [0.4, 0.5) is 14.5 Å². The summed E-state index contributed by atoms with van der Waals surface area (Å²) in [7, 11) is 0. The highest BCUT2D eigenvalue weighted by atomic mass is 35.5. The van der Waals surface area contributed by atoms with Crippen molar-refractivity contribution in [3.63, 3.8) is 0 Å². The zero-order valence-corrected chi connectivity index (χ0v) is 21.4. The Morgan fingerprint density at radius 3 is 2.65 bits per heavy atom. The third kappa shape index (κ3) is 5.14. The number of para-hydroxylation sites is 1. The lowest BCUT2D eigenvalue weighted by Gasteiger charge is -2.29. The molecule has 1 amide bonds. The van der Waals surface area contributed by atoms with Gasteiger partial charge in [0.1, 0.15) is 28.9 Å². The first-order chi connectivity index (χ1) is 17.8. The van der Waals surface area contributed by atoms with Gasteiger partial charge in [-0.1, -0.05) is 36.9 Å². The van der Waals surface area contributed by atoms with Crippen LogP contribution in [0.2, 0.25) is 5.02 Å². The van der Waals surface area contributed by atoms with Crippen LogP contribution in [0, 0.1) is 17.6 Å². The molecule has 1 aromatic heterocycles. The number of carbonyl (C=O) groups excluding carboxylic acids is 1. The molecule has 2 aromatic carbocycles. The van der Waals surface area contributed by atoms with E-state index in [4.69, 9.17) is 16.3 Å². The summed E-state index contributed by atoms with van der Waals surface area (Å²) in [5.41, 5.74) is -0.864. The van der Waals surface area contributed by atoms with Crippen LogP contribution in [0.3, 0.4) is 0 Å². The van der Waals surface area contributed by atoms with E-state index >= 15 is 4.39 Å². The van der Waals surface area contributed by atoms with Crippen molar-refractivity contribution in [2.75, 3.05) is 5.32 Å². The molecule has 2 heterocycles. The van der Waals surface area contributed by atoms with Gasteiger partial charge in [-0.3, -0.25) is 9.36 Å². The highest BCUT2D eigenvalue weighted by Crippen LogP contribution is 2.33. The lowest BCUT2D eigenvalue weighted by molar-refractivity contribution is 0.0996. The number of benzene rings is 2. The molecule has 0 bridgehead atoms. The van der Waals surface area contributed by atoms with E-state index in [1.54, 1.807) is 4.57 Å². The van der Waals surface area contributed by atoms with Crippen LogP contribution < -0.4 is 15.7 Å². The van der Waals surface area contributed by atoms with Crippen molar-refractivity contribution in [3.8, 4) is 11.4 Å². The fraction of sp³-hybridized carbons (Fsp3) is 0.444. The van der Waals surface area contributed by atoms with Crippen LogP contribution in [0.1, 0.15) is 68.1 Å². The van der Waals surface area contributed by atoms with E-state index in [0.717, 1.165) is 49.3 Å². The summed E-state index contributed by atoms with van der Waals surface area (Å²) in [6.45, 7) is 2.46. The van der Waals surface area contributed by atoms with Crippen LogP contribution in [0.25, 0.3) is 5.69 Å². The maximum atomic E-state index is 15.5. The number of anilines is 1. The van der Waals surface area contributed by atoms with Crippen molar-refractivity contribution in [3.05, 3.63) is 68.9 Å². The van der Waals surface area contributed by atoms with Crippen LogP contribution in [0.5, 0.6) is 5.75 Å². The Morgan fingerprint density at radius 1 is 1.14 bits per heavy atom. The van der Waals surface area contributed by atoms with Gasteiger partial charge in [0.05, 0.1) is 22.4 Å². The first kappa shape index (κ1) is 25.4. The largest absolute Gasteiger partial charge is 0.490 e. The second-order valence-corrected chi connectivity index (χ2v) is 10.2. The number of ether oxygens (including phenoxy) is 1. The summed E-state index contributed by atoms with van der Waals surface area (Å²) < 4.78 is 38.7. The van der Waals surface area contributed by atoms with Crippen LogP contribution >= 0.6 is 11.6 Å². The van der Waals surface area contributed by atoms with E-state index in [2.05, 4.69) is 10.4 Å². The van der Waals surface area contributed by atoms with Gasteiger partial charge < -0.3 is 10.1 Å². The number of halogens is 3. The molecule has 0 spiro atoms. The highest BCUT2D eigenvalue weighted by molar-refractivity contribution is 6.34. The van der Waals surface area contributed by atoms with Gasteiger partial charge in [-0.05, 0) is 56.7 Å². The number of aromatic nitrogens is 3. The molecule has 1 aliphatic heterocycles. The number of hydrogen-bond donors (Lipinski definition) is 1. The average molecular weight is 531 g/mol. The summed E-state index contributed by atoms with van der Waals surface area (Å²) >= 11 is 6.08. The maximum Gasteiger partial charge on any atom is 0.350 e. The number of carbonyl (C=O) groups is 1. The molecule has 1 fully saturated rings. The zero-order chi connectivity index (χ0) is 26.1. The van der Waals surface area contributed by atoms with Gasteiger partial charge in [-0.2, -0.15) is 4.68 Å². The Labute approximate surface area is 218 Å². The molecule has 1 atom stereocenters. The van der Waals surface area contributed by atoms with Crippen molar-refractivity contribution in [1.82, 2.24) is 14.3 Å². The predicted octanol–water partition coefficient (Wildman–Crippen LogP) is 5.90. The van der Waals surface area contributed by atoms with Crippen molar-refractivity contribution in [1.29, 1.82) is 0 Å². The molecule has 10 heteroatoms. The summed E-state index contributed by atoms with van der Waals surface area (Å²) in [5, 5.41) is 6.82. The van der Waals surface area contributed by atoms with Gasteiger partial charge in [0.25, 0.3) is 5.91 Å². The molecule has 3 aromatic rings. The second-order valence-electron chi connectivity index (χ2n) is 9.79. The molecule has 1 N–H and O–H groups in total. The van der Waals surface area contributed by atoms with Crippen LogP contribution in [-0.2, 0) is 13.0 Å². The molecular formula is C27H29ClF2N4O3. The highest BCUT2D eigenvalue weighted by Gasteiger charge is 2.27. The molecule has 196 valence electrons. The molecule has 0 radical (unpaired) electrons. The van der Waals surface area contributed by atoms with Gasteiger partial charge in [-0.15, -0.1) is 5.10 Å². The molecule has 0 saturated heterocycles. The van der Waals surface area contributed by atoms with E-state index in [1.165, 1.54) is 30.7 Å². The molecule has 1 saturated carbocycles. The molecule has 1 aliphatic carbocycles. The molecule has 7 nitrogen and oxygen atoms in total. The van der Waals surface area contributed by atoms with E-state index in [1.807, 2.05) is 6.92 Å². The van der Waals surface area contributed by atoms with E-state index < -0.39 is 23.2 Å². The first-order valence-electron chi connectivity index (χ1n) is 12.8. The fourth-order valence-corrected chi connectivity index (χ4v) is 5.44. The maximum absolute atomic E-state index is 15.5. The minimum absolute atomic E-state index is 0.0126. The van der Waals surface area contributed by atoms with Gasteiger partial charge in [0.15, 0.2) is 0 Å². The Morgan fingerprint density at radius 2 is 1.92 bits per heavy atom. The quantitative estimate of drug-likeness (QED) is 0.430. The topological polar surface area (TPSA) is 78.2 Å². The minimum atomic E-state index is -0.819. The number of aryl methyl sites for hydroxylation is 1. The lowest BCUT2D eigenvalue weighted by Crippen LogP contribution is -2.28.